The first kappa shape index (κ1) is 15.6. The third-order valence-electron chi connectivity index (χ3n) is 3.11. The van der Waals surface area contributed by atoms with Gasteiger partial charge >= 0.3 is 0 Å². The SMILES string of the molecule is Cc1cc(F)c(-c2csc(NC(=O)c3ccncc3)n2)c(Cl)c1. The molecule has 0 aliphatic rings. The highest BCUT2D eigenvalue weighted by molar-refractivity contribution is 7.14. The van der Waals surface area contributed by atoms with Crippen LogP contribution in [0.4, 0.5) is 9.52 Å². The van der Waals surface area contributed by atoms with Crippen LogP contribution in [0.2, 0.25) is 5.02 Å². The number of halogens is 2. The Morgan fingerprint density at radius 2 is 2.04 bits per heavy atom. The van der Waals surface area contributed by atoms with Crippen LogP contribution in [0.3, 0.4) is 0 Å². The van der Waals surface area contributed by atoms with Crippen molar-refractivity contribution in [3.63, 3.8) is 0 Å². The average molecular weight is 348 g/mol. The number of nitrogens with zero attached hydrogens (tertiary/aromatic N) is 2. The van der Waals surface area contributed by atoms with Crippen molar-refractivity contribution in [2.75, 3.05) is 5.32 Å². The summed E-state index contributed by atoms with van der Waals surface area (Å²) in [5, 5.41) is 4.99. The van der Waals surface area contributed by atoms with Crippen molar-refractivity contribution in [1.29, 1.82) is 0 Å². The van der Waals surface area contributed by atoms with Gasteiger partial charge in [0.05, 0.1) is 16.3 Å². The molecule has 2 heterocycles. The first-order chi connectivity index (χ1) is 11.0. The molecule has 1 amide bonds. The Morgan fingerprint density at radius 1 is 1.30 bits per heavy atom. The predicted molar refractivity (Wildman–Crippen MR) is 89.4 cm³/mol. The molecule has 0 bridgehead atoms. The van der Waals surface area contributed by atoms with Gasteiger partial charge in [0.15, 0.2) is 5.13 Å². The van der Waals surface area contributed by atoms with Crippen molar-refractivity contribution < 1.29 is 9.18 Å². The third-order valence-corrected chi connectivity index (χ3v) is 4.17. The number of aryl methyl sites for hydroxylation is 1. The number of anilines is 1. The Labute approximate surface area is 141 Å². The summed E-state index contributed by atoms with van der Waals surface area (Å²) in [6.07, 6.45) is 3.06. The number of hydrogen-bond donors (Lipinski definition) is 1. The first-order valence-electron chi connectivity index (χ1n) is 6.67. The molecule has 116 valence electrons. The smallest absolute Gasteiger partial charge is 0.257 e. The standard InChI is InChI=1S/C16H11ClFN3OS/c1-9-6-11(17)14(12(18)7-9)13-8-23-16(20-13)21-15(22)10-2-4-19-5-3-10/h2-8H,1H3,(H,20,21,22). The van der Waals surface area contributed by atoms with Gasteiger partial charge in [-0.15, -0.1) is 11.3 Å². The fraction of sp³-hybridized carbons (Fsp3) is 0.0625. The monoisotopic (exact) mass is 347 g/mol. The largest absolute Gasteiger partial charge is 0.298 e. The summed E-state index contributed by atoms with van der Waals surface area (Å²) in [6, 6.07) is 6.27. The maximum Gasteiger partial charge on any atom is 0.257 e. The second-order valence-electron chi connectivity index (χ2n) is 4.83. The minimum Gasteiger partial charge on any atom is -0.298 e. The number of thiazole rings is 1. The molecule has 0 spiro atoms. The molecule has 23 heavy (non-hydrogen) atoms. The first-order valence-corrected chi connectivity index (χ1v) is 7.93. The van der Waals surface area contributed by atoms with Crippen molar-refractivity contribution in [3.05, 3.63) is 64.0 Å². The summed E-state index contributed by atoms with van der Waals surface area (Å²) >= 11 is 7.32. The minimum atomic E-state index is -0.438. The Balaban J connectivity index is 1.86. The number of hydrogen-bond acceptors (Lipinski definition) is 4. The lowest BCUT2D eigenvalue weighted by molar-refractivity contribution is 0.102. The predicted octanol–water partition coefficient (Wildman–Crippen LogP) is 4.56. The molecule has 4 nitrogen and oxygen atoms in total. The normalized spacial score (nSPS) is 10.6. The number of rotatable bonds is 3. The zero-order valence-electron chi connectivity index (χ0n) is 12.0. The van der Waals surface area contributed by atoms with E-state index in [0.29, 0.717) is 21.4 Å². The lowest BCUT2D eigenvalue weighted by Crippen LogP contribution is -2.11. The molecule has 1 N–H and O–H groups in total. The van der Waals surface area contributed by atoms with Gasteiger partial charge < -0.3 is 0 Å². The number of aromatic nitrogens is 2. The van der Waals surface area contributed by atoms with Gasteiger partial charge in [-0.2, -0.15) is 0 Å². The van der Waals surface area contributed by atoms with Gasteiger partial charge in [0.2, 0.25) is 0 Å². The summed E-state index contributed by atoms with van der Waals surface area (Å²) in [5.74, 6) is -0.740. The summed E-state index contributed by atoms with van der Waals surface area (Å²) in [6.45, 7) is 1.76. The van der Waals surface area contributed by atoms with Crippen LogP contribution >= 0.6 is 22.9 Å². The molecule has 0 aliphatic carbocycles. The minimum absolute atomic E-state index is 0.234. The molecule has 3 rings (SSSR count). The molecule has 0 saturated heterocycles. The second kappa shape index (κ2) is 6.44. The van der Waals surface area contributed by atoms with E-state index in [2.05, 4.69) is 15.3 Å². The van der Waals surface area contributed by atoms with E-state index in [1.807, 2.05) is 0 Å². The summed E-state index contributed by atoms with van der Waals surface area (Å²) in [5.41, 5.74) is 1.83. The van der Waals surface area contributed by atoms with Crippen molar-refractivity contribution in [2.24, 2.45) is 0 Å². The summed E-state index contributed by atoms with van der Waals surface area (Å²) in [7, 11) is 0. The highest BCUT2D eigenvalue weighted by atomic mass is 35.5. The fourth-order valence-electron chi connectivity index (χ4n) is 2.06. The number of pyridine rings is 1. The van der Waals surface area contributed by atoms with Gasteiger partial charge in [-0.05, 0) is 36.8 Å². The van der Waals surface area contributed by atoms with Crippen LogP contribution in [-0.2, 0) is 0 Å². The Hall–Kier alpha value is -2.31. The van der Waals surface area contributed by atoms with Crippen LogP contribution in [0.25, 0.3) is 11.3 Å². The van der Waals surface area contributed by atoms with E-state index in [4.69, 9.17) is 11.6 Å². The lowest BCUT2D eigenvalue weighted by atomic mass is 10.1. The molecule has 0 saturated carbocycles. The lowest BCUT2D eigenvalue weighted by Gasteiger charge is -2.04. The number of amides is 1. The average Bonchev–Trinajstić information content (AvgIpc) is 2.95. The summed E-state index contributed by atoms with van der Waals surface area (Å²) < 4.78 is 14.1. The molecule has 0 unspecified atom stereocenters. The van der Waals surface area contributed by atoms with E-state index in [1.165, 1.54) is 29.8 Å². The number of carbonyl (C=O) groups is 1. The van der Waals surface area contributed by atoms with E-state index in [1.54, 1.807) is 30.5 Å². The summed E-state index contributed by atoms with van der Waals surface area (Å²) in [4.78, 5) is 20.2. The van der Waals surface area contributed by atoms with Crippen molar-refractivity contribution in [3.8, 4) is 11.3 Å². The zero-order valence-corrected chi connectivity index (χ0v) is 13.6. The van der Waals surface area contributed by atoms with Gasteiger partial charge in [-0.3, -0.25) is 15.1 Å². The van der Waals surface area contributed by atoms with Gasteiger partial charge in [0, 0.05) is 23.3 Å². The highest BCUT2D eigenvalue weighted by Gasteiger charge is 2.15. The molecular weight excluding hydrogens is 337 g/mol. The molecular formula is C16H11ClFN3OS. The third kappa shape index (κ3) is 3.38. The molecule has 0 atom stereocenters. The van der Waals surface area contributed by atoms with E-state index in [-0.39, 0.29) is 11.5 Å². The van der Waals surface area contributed by atoms with E-state index in [9.17, 15) is 9.18 Å². The van der Waals surface area contributed by atoms with Crippen LogP contribution in [0.15, 0.2) is 42.0 Å². The number of nitrogens with one attached hydrogen (secondary N) is 1. The quantitative estimate of drug-likeness (QED) is 0.755. The molecule has 3 aromatic rings. The maximum atomic E-state index is 14.1. The van der Waals surface area contributed by atoms with Gasteiger partial charge in [0.25, 0.3) is 5.91 Å². The highest BCUT2D eigenvalue weighted by Crippen LogP contribution is 2.33. The topological polar surface area (TPSA) is 54.9 Å². The number of carbonyl (C=O) groups excluding carboxylic acids is 1. The zero-order chi connectivity index (χ0) is 16.4. The van der Waals surface area contributed by atoms with Crippen molar-refractivity contribution in [1.82, 2.24) is 9.97 Å². The van der Waals surface area contributed by atoms with Crippen LogP contribution in [0.5, 0.6) is 0 Å². The Bertz CT molecular complexity index is 844. The van der Waals surface area contributed by atoms with Crippen molar-refractivity contribution in [2.45, 2.75) is 6.92 Å². The molecule has 0 radical (unpaired) electrons. The van der Waals surface area contributed by atoms with Gasteiger partial charge in [-0.1, -0.05) is 11.6 Å². The van der Waals surface area contributed by atoms with Crippen LogP contribution in [0.1, 0.15) is 15.9 Å². The van der Waals surface area contributed by atoms with Gasteiger partial charge in [0.1, 0.15) is 5.82 Å². The molecule has 2 aromatic heterocycles. The molecule has 1 aromatic carbocycles. The molecule has 0 fully saturated rings. The maximum absolute atomic E-state index is 14.1. The molecule has 0 aliphatic heterocycles. The van der Waals surface area contributed by atoms with Gasteiger partial charge in [-0.25, -0.2) is 9.37 Å². The van der Waals surface area contributed by atoms with E-state index >= 15 is 0 Å². The Kier molecular flexibility index (Phi) is 4.36. The van der Waals surface area contributed by atoms with E-state index in [0.717, 1.165) is 5.56 Å². The molecule has 7 heteroatoms. The van der Waals surface area contributed by atoms with Crippen LogP contribution < -0.4 is 5.32 Å². The van der Waals surface area contributed by atoms with Crippen LogP contribution in [0, 0.1) is 12.7 Å². The second-order valence-corrected chi connectivity index (χ2v) is 6.10. The fourth-order valence-corrected chi connectivity index (χ4v) is 3.12. The van der Waals surface area contributed by atoms with Crippen LogP contribution in [-0.4, -0.2) is 15.9 Å². The van der Waals surface area contributed by atoms with E-state index < -0.39 is 5.82 Å². The van der Waals surface area contributed by atoms with Crippen molar-refractivity contribution >= 4 is 34.0 Å². The number of benzene rings is 1. The Morgan fingerprint density at radius 3 is 2.74 bits per heavy atom.